The highest BCUT2D eigenvalue weighted by Crippen LogP contribution is 2.13. The van der Waals surface area contributed by atoms with E-state index in [2.05, 4.69) is 21.2 Å². The molecule has 1 aromatic rings. The van der Waals surface area contributed by atoms with Gasteiger partial charge < -0.3 is 10.1 Å². The normalized spacial score (nSPS) is 11.2. The lowest BCUT2D eigenvalue weighted by Crippen LogP contribution is -2.45. The van der Waals surface area contributed by atoms with Crippen LogP contribution < -0.4 is 5.32 Å². The average molecular weight is 286 g/mol. The zero-order valence-electron chi connectivity index (χ0n) is 9.71. The highest BCUT2D eigenvalue weighted by Gasteiger charge is 2.26. The first-order valence-corrected chi connectivity index (χ1v) is 5.85. The third-order valence-corrected chi connectivity index (χ3v) is 2.89. The fourth-order valence-electron chi connectivity index (χ4n) is 1.06. The molecule has 0 spiro atoms. The second-order valence-corrected chi connectivity index (χ2v) is 5.00. The van der Waals surface area contributed by atoms with Gasteiger partial charge in [-0.3, -0.25) is 4.79 Å². The molecule has 0 saturated carbocycles. The predicted octanol–water partition coefficient (Wildman–Crippen LogP) is 2.49. The molecule has 0 radical (unpaired) electrons. The number of ether oxygens (including phenoxy) is 1. The summed E-state index contributed by atoms with van der Waals surface area (Å²) in [6, 6.07) is 7.70. The topological polar surface area (TPSA) is 38.3 Å². The monoisotopic (exact) mass is 285 g/mol. The molecule has 0 unspecified atom stereocenters. The summed E-state index contributed by atoms with van der Waals surface area (Å²) in [5, 5.41) is 2.90. The molecule has 0 fully saturated rings. The summed E-state index contributed by atoms with van der Waals surface area (Å²) in [5.74, 6) is -0.255. The molecule has 0 aromatic heterocycles. The first-order chi connectivity index (χ1) is 7.45. The van der Waals surface area contributed by atoms with E-state index < -0.39 is 5.54 Å². The first-order valence-electron chi connectivity index (χ1n) is 5.06. The van der Waals surface area contributed by atoms with Gasteiger partial charge in [0.15, 0.2) is 0 Å². The van der Waals surface area contributed by atoms with E-state index >= 15 is 0 Å². The number of hydrogen-bond acceptors (Lipinski definition) is 3. The lowest BCUT2D eigenvalue weighted by Gasteiger charge is -2.21. The molecule has 0 atom stereocenters. The summed E-state index contributed by atoms with van der Waals surface area (Å²) in [5.41, 5.74) is 0.320. The number of esters is 1. The minimum absolute atomic E-state index is 0.255. The van der Waals surface area contributed by atoms with Gasteiger partial charge in [0.05, 0.1) is 0 Å². The van der Waals surface area contributed by atoms with Gasteiger partial charge in [0.25, 0.3) is 0 Å². The van der Waals surface area contributed by atoms with E-state index in [1.165, 1.54) is 0 Å². The summed E-state index contributed by atoms with van der Waals surface area (Å²) < 4.78 is 6.20. The van der Waals surface area contributed by atoms with E-state index in [9.17, 15) is 4.79 Å². The molecule has 1 rings (SSSR count). The van der Waals surface area contributed by atoms with Gasteiger partial charge in [-0.05, 0) is 38.6 Å². The molecule has 0 aliphatic rings. The van der Waals surface area contributed by atoms with Gasteiger partial charge in [-0.25, -0.2) is 0 Å². The molecule has 0 heterocycles. The van der Waals surface area contributed by atoms with Crippen LogP contribution in [0.25, 0.3) is 0 Å². The van der Waals surface area contributed by atoms with Crippen LogP contribution >= 0.6 is 15.9 Å². The van der Waals surface area contributed by atoms with Crippen molar-refractivity contribution < 1.29 is 9.53 Å². The van der Waals surface area contributed by atoms with Crippen LogP contribution in [0.5, 0.6) is 0 Å². The zero-order chi connectivity index (χ0) is 12.2. The van der Waals surface area contributed by atoms with Gasteiger partial charge >= 0.3 is 5.97 Å². The Bertz CT molecular complexity index is 377. The SMILES string of the molecule is CNC(C)(C)C(=O)OCc1cccc(Br)c1. The highest BCUT2D eigenvalue weighted by molar-refractivity contribution is 9.10. The smallest absolute Gasteiger partial charge is 0.326 e. The van der Waals surface area contributed by atoms with E-state index in [-0.39, 0.29) is 5.97 Å². The lowest BCUT2D eigenvalue weighted by atomic mass is 10.1. The van der Waals surface area contributed by atoms with Crippen LogP contribution in [0.2, 0.25) is 0 Å². The number of hydrogen-bond donors (Lipinski definition) is 1. The van der Waals surface area contributed by atoms with Gasteiger partial charge in [0.2, 0.25) is 0 Å². The molecule has 0 aliphatic heterocycles. The van der Waals surface area contributed by atoms with Crippen molar-refractivity contribution in [3.8, 4) is 0 Å². The number of likely N-dealkylation sites (N-methyl/N-ethyl adjacent to an activating group) is 1. The lowest BCUT2D eigenvalue weighted by molar-refractivity contribution is -0.151. The molecule has 16 heavy (non-hydrogen) atoms. The van der Waals surface area contributed by atoms with Gasteiger partial charge in [-0.2, -0.15) is 0 Å². The second-order valence-electron chi connectivity index (χ2n) is 4.08. The number of halogens is 1. The maximum Gasteiger partial charge on any atom is 0.326 e. The van der Waals surface area contributed by atoms with E-state index in [1.807, 2.05) is 24.3 Å². The van der Waals surface area contributed by atoms with Crippen molar-refractivity contribution in [3.63, 3.8) is 0 Å². The summed E-state index contributed by atoms with van der Waals surface area (Å²) in [6.07, 6.45) is 0. The van der Waals surface area contributed by atoms with Crippen LogP contribution in [0.15, 0.2) is 28.7 Å². The largest absolute Gasteiger partial charge is 0.459 e. The third-order valence-electron chi connectivity index (χ3n) is 2.39. The van der Waals surface area contributed by atoms with Crippen LogP contribution in [-0.4, -0.2) is 18.6 Å². The van der Waals surface area contributed by atoms with E-state index in [1.54, 1.807) is 20.9 Å². The summed E-state index contributed by atoms with van der Waals surface area (Å²) in [6.45, 7) is 3.87. The van der Waals surface area contributed by atoms with Crippen molar-refractivity contribution >= 4 is 21.9 Å². The fraction of sp³-hybridized carbons (Fsp3) is 0.417. The number of carbonyl (C=O) groups excluding carboxylic acids is 1. The molecule has 1 aromatic carbocycles. The van der Waals surface area contributed by atoms with Gasteiger partial charge in [0, 0.05) is 4.47 Å². The van der Waals surface area contributed by atoms with Crippen molar-refractivity contribution in [2.75, 3.05) is 7.05 Å². The Hall–Kier alpha value is -0.870. The molecule has 4 heteroatoms. The quantitative estimate of drug-likeness (QED) is 0.864. The molecule has 0 bridgehead atoms. The van der Waals surface area contributed by atoms with Crippen LogP contribution in [0, 0.1) is 0 Å². The standard InChI is InChI=1S/C12H16BrNO2/c1-12(2,14-3)11(15)16-8-9-5-4-6-10(13)7-9/h4-7,14H,8H2,1-3H3. The maximum absolute atomic E-state index is 11.7. The Morgan fingerprint density at radius 2 is 2.19 bits per heavy atom. The van der Waals surface area contributed by atoms with Crippen LogP contribution in [0.3, 0.4) is 0 Å². The Balaban J connectivity index is 2.56. The Morgan fingerprint density at radius 1 is 1.50 bits per heavy atom. The molecule has 1 N–H and O–H groups in total. The summed E-state index contributed by atoms with van der Waals surface area (Å²) in [4.78, 5) is 11.7. The highest BCUT2D eigenvalue weighted by atomic mass is 79.9. The van der Waals surface area contributed by atoms with Crippen LogP contribution in [0.4, 0.5) is 0 Å². The Labute approximate surface area is 104 Å². The number of carbonyl (C=O) groups is 1. The van der Waals surface area contributed by atoms with Gasteiger partial charge in [0.1, 0.15) is 12.1 Å². The summed E-state index contributed by atoms with van der Waals surface area (Å²) in [7, 11) is 1.74. The molecule has 88 valence electrons. The molecular weight excluding hydrogens is 270 g/mol. The van der Waals surface area contributed by atoms with Crippen molar-refractivity contribution in [1.82, 2.24) is 5.32 Å². The summed E-state index contributed by atoms with van der Waals surface area (Å²) >= 11 is 3.37. The van der Waals surface area contributed by atoms with Gasteiger partial charge in [-0.1, -0.05) is 28.1 Å². The molecular formula is C12H16BrNO2. The van der Waals surface area contributed by atoms with Crippen LogP contribution in [-0.2, 0) is 16.1 Å². The van der Waals surface area contributed by atoms with E-state index in [0.717, 1.165) is 10.0 Å². The fourth-order valence-corrected chi connectivity index (χ4v) is 1.50. The van der Waals surface area contributed by atoms with Gasteiger partial charge in [-0.15, -0.1) is 0 Å². The molecule has 0 amide bonds. The molecule has 3 nitrogen and oxygen atoms in total. The minimum Gasteiger partial charge on any atom is -0.459 e. The average Bonchev–Trinajstić information content (AvgIpc) is 2.26. The maximum atomic E-state index is 11.7. The molecule has 0 saturated heterocycles. The van der Waals surface area contributed by atoms with E-state index in [4.69, 9.17) is 4.74 Å². The van der Waals surface area contributed by atoms with E-state index in [0.29, 0.717) is 6.61 Å². The zero-order valence-corrected chi connectivity index (χ0v) is 11.3. The Morgan fingerprint density at radius 3 is 2.75 bits per heavy atom. The van der Waals surface area contributed by atoms with Crippen molar-refractivity contribution in [2.45, 2.75) is 26.0 Å². The number of nitrogens with one attached hydrogen (secondary N) is 1. The number of benzene rings is 1. The number of rotatable bonds is 4. The van der Waals surface area contributed by atoms with Crippen molar-refractivity contribution in [3.05, 3.63) is 34.3 Å². The minimum atomic E-state index is -0.647. The Kier molecular flexibility index (Phi) is 4.50. The van der Waals surface area contributed by atoms with Crippen LogP contribution in [0.1, 0.15) is 19.4 Å². The third kappa shape index (κ3) is 3.61. The second kappa shape index (κ2) is 5.46. The molecule has 0 aliphatic carbocycles. The predicted molar refractivity (Wildman–Crippen MR) is 67.1 cm³/mol. The van der Waals surface area contributed by atoms with Crippen molar-refractivity contribution in [2.24, 2.45) is 0 Å². The van der Waals surface area contributed by atoms with Crippen molar-refractivity contribution in [1.29, 1.82) is 0 Å². The first kappa shape index (κ1) is 13.2.